The van der Waals surface area contributed by atoms with Crippen molar-refractivity contribution >= 4 is 47.0 Å². The molecule has 3 N–H and O–H groups in total. The molecule has 5 fully saturated rings. The number of ketones is 2. The zero-order valence-corrected chi connectivity index (χ0v) is 43.1. The van der Waals surface area contributed by atoms with E-state index in [2.05, 4.69) is 72.6 Å². The van der Waals surface area contributed by atoms with Crippen molar-refractivity contribution in [2.45, 2.75) is 139 Å². The molecular weight excluding hydrogens is 936 g/mol. The normalized spacial score (nSPS) is 29.1. The first kappa shape index (κ1) is 64.2. The molecule has 0 aromatic carbocycles. The Hall–Kier alpha value is -3.85. The zero-order valence-electron chi connectivity index (χ0n) is 42.3. The minimum Gasteiger partial charge on any atom is -0.457 e. The Morgan fingerprint density at radius 1 is 0.586 bits per heavy atom. The number of carbonyl (C=O) groups excluding carboxylic acids is 6. The number of rotatable bonds is 20. The van der Waals surface area contributed by atoms with E-state index in [0.717, 1.165) is 5.92 Å². The van der Waals surface area contributed by atoms with Gasteiger partial charge in [0.25, 0.3) is 0 Å². The second-order valence-corrected chi connectivity index (χ2v) is 20.8. The molecule has 0 aromatic rings. The summed E-state index contributed by atoms with van der Waals surface area (Å²) in [6.45, 7) is 30.1. The lowest BCUT2D eigenvalue weighted by molar-refractivity contribution is -0.377. The Bertz CT molecular complexity index is 1830. The first-order valence-electron chi connectivity index (χ1n) is 22.9. The van der Waals surface area contributed by atoms with E-state index >= 15 is 0 Å². The predicted molar refractivity (Wildman–Crippen MR) is 258 cm³/mol. The van der Waals surface area contributed by atoms with Gasteiger partial charge in [0.2, 0.25) is 11.6 Å². The number of aliphatic hydroxyl groups is 3. The number of hydrogen-bond donors (Lipinski definition) is 3. The van der Waals surface area contributed by atoms with Gasteiger partial charge in [-0.3, -0.25) is 9.59 Å². The molecule has 8 unspecified atom stereocenters. The van der Waals surface area contributed by atoms with Gasteiger partial charge in [-0.15, -0.1) is 0 Å². The summed E-state index contributed by atoms with van der Waals surface area (Å²) >= 11 is 5.69. The fourth-order valence-electron chi connectivity index (χ4n) is 9.65. The minimum absolute atomic E-state index is 0. The van der Waals surface area contributed by atoms with E-state index in [1.54, 1.807) is 0 Å². The van der Waals surface area contributed by atoms with Crippen LogP contribution in [0.3, 0.4) is 0 Å². The van der Waals surface area contributed by atoms with E-state index < -0.39 is 74.3 Å². The van der Waals surface area contributed by atoms with E-state index in [9.17, 15) is 39.0 Å². The van der Waals surface area contributed by atoms with Crippen molar-refractivity contribution in [1.82, 2.24) is 0 Å². The molecule has 0 aromatic heterocycles. The van der Waals surface area contributed by atoms with Crippen molar-refractivity contribution in [3.63, 3.8) is 0 Å². The summed E-state index contributed by atoms with van der Waals surface area (Å²) in [7, 11) is 0. The van der Waals surface area contributed by atoms with Gasteiger partial charge < -0.3 is 58.0 Å². The summed E-state index contributed by atoms with van der Waals surface area (Å²) in [5, 5.41) is 28.2. The molecule has 5 aliphatic rings. The summed E-state index contributed by atoms with van der Waals surface area (Å²) in [5.74, 6) is -5.60. The van der Waals surface area contributed by atoms with Crippen LogP contribution in [-0.2, 0) is 71.4 Å². The van der Waals surface area contributed by atoms with E-state index in [4.69, 9.17) is 54.6 Å². The minimum atomic E-state index is -1.89. The topological polar surface area (TPSA) is 246 Å². The number of Topliss-reactive ketones (excluding diaryl/α,β-unsaturated/α-hetero) is 2. The van der Waals surface area contributed by atoms with Crippen LogP contribution in [0.2, 0.25) is 0 Å². The Kier molecular flexibility index (Phi) is 25.0. The van der Waals surface area contributed by atoms with Crippen LogP contribution in [0.15, 0.2) is 48.6 Å². The van der Waals surface area contributed by atoms with Gasteiger partial charge >= 0.3 is 23.9 Å². The fourth-order valence-corrected chi connectivity index (χ4v) is 9.78. The third kappa shape index (κ3) is 18.3. The SMILES string of the molecule is C.C=C(C)C(=O)OCC(=O)CO.C=C(C)C(=O)OCC(=O)COCOC1C2(C)CCC(C2)C1(C)C.C=C(C)C(=O)OCC1(O)COC(O)(COC(=O)C(=C)C)CO1.CC12CCC(C1)C(C)(C)C2OCCl. The van der Waals surface area contributed by atoms with Gasteiger partial charge in [-0.2, -0.15) is 0 Å². The van der Waals surface area contributed by atoms with Crippen LogP contribution < -0.4 is 0 Å². The first-order valence-corrected chi connectivity index (χ1v) is 23.4. The van der Waals surface area contributed by atoms with Gasteiger partial charge in [-0.25, -0.2) is 19.2 Å². The van der Waals surface area contributed by atoms with E-state index in [1.807, 2.05) is 0 Å². The first-order chi connectivity index (χ1) is 31.8. The smallest absolute Gasteiger partial charge is 0.333 e. The molecule has 4 aliphatic carbocycles. The lowest BCUT2D eigenvalue weighted by atomic mass is 9.70. The molecule has 0 spiro atoms. The highest BCUT2D eigenvalue weighted by molar-refractivity contribution is 6.17. The third-order valence-electron chi connectivity index (χ3n) is 13.4. The molecule has 19 heteroatoms. The lowest BCUT2D eigenvalue weighted by Gasteiger charge is -2.42. The molecule has 1 heterocycles. The standard InChI is InChI=1S/C18H28O5.C14H20O8.C11H19ClO.C7H10O4.CH4/c1-12(2)15(20)22-10-14(19)9-21-11-23-16-17(3,4)13-6-7-18(16,5)8-13;1-9(2)11(15)19-5-13(17)7-22-14(18,8-21-13)6-20-12(16)10(3)4;1-10(2)8-4-5-11(3,6-8)9(10)13-7-12;1-5(2)7(10)11-4-6(9)3-8;/h13,16H,1,6-11H2,2-5H3;17-18H,1,3,5-8H2,2,4H3;8-9H,4-7H2,1-3H3;8H,1,3-4H2,2H3;1H4. The molecule has 70 heavy (non-hydrogen) atoms. The van der Waals surface area contributed by atoms with Gasteiger partial charge in [-0.1, -0.05) is 86.9 Å². The van der Waals surface area contributed by atoms with Crippen LogP contribution in [0.1, 0.15) is 115 Å². The van der Waals surface area contributed by atoms with Crippen LogP contribution in [0.5, 0.6) is 0 Å². The number of ether oxygens (including phenoxy) is 9. The largest absolute Gasteiger partial charge is 0.457 e. The zero-order chi connectivity index (χ0) is 52.8. The van der Waals surface area contributed by atoms with Crippen molar-refractivity contribution in [2.75, 3.05) is 65.7 Å². The molecule has 4 saturated carbocycles. The summed E-state index contributed by atoms with van der Waals surface area (Å²) in [5.41, 5.74) is 1.96. The van der Waals surface area contributed by atoms with Gasteiger partial charge in [0.1, 0.15) is 52.5 Å². The molecule has 8 atom stereocenters. The van der Waals surface area contributed by atoms with Crippen molar-refractivity contribution in [3.8, 4) is 0 Å². The van der Waals surface area contributed by atoms with Crippen molar-refractivity contribution < 1.29 is 86.7 Å². The molecule has 0 radical (unpaired) electrons. The number of carbonyl (C=O) groups is 6. The number of fused-ring (bicyclic) bond motifs is 4. The Labute approximate surface area is 419 Å². The monoisotopic (exact) mass is 1020 g/mol. The summed E-state index contributed by atoms with van der Waals surface area (Å²) in [4.78, 5) is 66.3. The van der Waals surface area contributed by atoms with Gasteiger partial charge in [-0.05, 0) is 99.7 Å². The molecule has 0 amide bonds. The highest BCUT2D eigenvalue weighted by atomic mass is 35.5. The quantitative estimate of drug-likeness (QED) is 0.0305. The summed E-state index contributed by atoms with van der Waals surface area (Å²) in [6, 6.07) is 0.344. The number of aliphatic hydroxyl groups excluding tert-OH is 1. The molecule has 18 nitrogen and oxygen atoms in total. The van der Waals surface area contributed by atoms with Crippen LogP contribution in [0.25, 0.3) is 0 Å². The third-order valence-corrected chi connectivity index (χ3v) is 13.5. The predicted octanol–water partition coefficient (Wildman–Crippen LogP) is 6.25. The molecule has 4 bridgehead atoms. The maximum atomic E-state index is 11.6. The molecule has 1 saturated heterocycles. The Balaban J connectivity index is 0.000000484. The fraction of sp³-hybridized carbons (Fsp3) is 0.725. The second kappa shape index (κ2) is 27.3. The van der Waals surface area contributed by atoms with E-state index in [-0.39, 0.29) is 79.0 Å². The second-order valence-electron chi connectivity index (χ2n) is 20.6. The van der Waals surface area contributed by atoms with Crippen molar-refractivity contribution in [1.29, 1.82) is 0 Å². The van der Waals surface area contributed by atoms with Gasteiger partial charge in [0.15, 0.2) is 24.8 Å². The summed E-state index contributed by atoms with van der Waals surface area (Å²) in [6.07, 6.45) is 8.25. The maximum absolute atomic E-state index is 11.6. The molecule has 400 valence electrons. The lowest BCUT2D eigenvalue weighted by Crippen LogP contribution is -2.57. The Morgan fingerprint density at radius 3 is 1.26 bits per heavy atom. The molecular formula is C51H81ClO18. The Morgan fingerprint density at radius 2 is 0.943 bits per heavy atom. The molecule has 1 aliphatic heterocycles. The average Bonchev–Trinajstić information content (AvgIpc) is 3.99. The van der Waals surface area contributed by atoms with Gasteiger partial charge in [0.05, 0.1) is 12.2 Å². The summed E-state index contributed by atoms with van der Waals surface area (Å²) < 4.78 is 45.9. The number of alkyl halides is 1. The van der Waals surface area contributed by atoms with E-state index in [1.165, 1.54) is 66.2 Å². The van der Waals surface area contributed by atoms with Crippen LogP contribution in [-0.4, -0.2) is 140 Å². The molecule has 5 rings (SSSR count). The average molecular weight is 1020 g/mol. The number of halogens is 1. The number of hydrogen-bond acceptors (Lipinski definition) is 18. The van der Waals surface area contributed by atoms with E-state index in [0.29, 0.717) is 28.9 Å². The number of esters is 4. The highest BCUT2D eigenvalue weighted by Crippen LogP contribution is 2.64. The maximum Gasteiger partial charge on any atom is 0.333 e. The van der Waals surface area contributed by atoms with Crippen LogP contribution >= 0.6 is 11.6 Å². The van der Waals surface area contributed by atoms with Crippen LogP contribution in [0.4, 0.5) is 0 Å². The van der Waals surface area contributed by atoms with Gasteiger partial charge in [0, 0.05) is 22.3 Å². The highest BCUT2D eigenvalue weighted by Gasteiger charge is 2.61. The van der Waals surface area contributed by atoms with Crippen molar-refractivity contribution in [3.05, 3.63) is 48.6 Å². The van der Waals surface area contributed by atoms with Crippen LogP contribution in [0, 0.1) is 33.5 Å². The van der Waals surface area contributed by atoms with Crippen molar-refractivity contribution in [2.24, 2.45) is 33.5 Å².